The number of nitrogens with zero attached hydrogens (tertiary/aromatic N) is 3. The molecule has 8 nitrogen and oxygen atoms in total. The Bertz CT molecular complexity index is 1550. The number of hydrogen-bond donors (Lipinski definition) is 2. The van der Waals surface area contributed by atoms with Crippen LogP contribution in [-0.2, 0) is 0 Å². The van der Waals surface area contributed by atoms with E-state index in [2.05, 4.69) is 34.4 Å². The van der Waals surface area contributed by atoms with Crippen molar-refractivity contribution in [1.29, 1.82) is 0 Å². The number of nitrogens with one attached hydrogen (secondary N) is 2. The third-order valence-corrected chi connectivity index (χ3v) is 8.46. The second-order valence-corrected chi connectivity index (χ2v) is 11.3. The molecule has 2 aromatic heterocycles. The zero-order chi connectivity index (χ0) is 27.1. The van der Waals surface area contributed by atoms with Crippen molar-refractivity contribution in [2.24, 2.45) is 0 Å². The van der Waals surface area contributed by atoms with E-state index >= 15 is 0 Å². The van der Waals surface area contributed by atoms with Crippen molar-refractivity contribution in [3.05, 3.63) is 71.2 Å². The molecule has 2 aliphatic rings. The van der Waals surface area contributed by atoms with Crippen LogP contribution >= 0.6 is 11.3 Å². The number of urea groups is 1. The first-order valence-electron chi connectivity index (χ1n) is 13.3. The molecule has 0 saturated carbocycles. The summed E-state index contributed by atoms with van der Waals surface area (Å²) in [4.78, 5) is 36.8. The van der Waals surface area contributed by atoms with Crippen molar-refractivity contribution >= 4 is 50.6 Å². The van der Waals surface area contributed by atoms with E-state index in [1.54, 1.807) is 11.1 Å². The lowest BCUT2D eigenvalue weighted by Crippen LogP contribution is -2.49. The molecule has 9 heteroatoms. The molecule has 1 unspecified atom stereocenters. The number of ether oxygens (including phenoxy) is 1. The van der Waals surface area contributed by atoms with E-state index in [1.807, 2.05) is 61.5 Å². The van der Waals surface area contributed by atoms with Gasteiger partial charge in [-0.25, -0.2) is 9.78 Å². The molecule has 4 aromatic rings. The minimum Gasteiger partial charge on any atom is -0.457 e. The van der Waals surface area contributed by atoms with Crippen molar-refractivity contribution in [3.63, 3.8) is 0 Å². The fourth-order valence-electron chi connectivity index (χ4n) is 5.39. The van der Waals surface area contributed by atoms with Gasteiger partial charge in [0.15, 0.2) is 0 Å². The molecule has 200 valence electrons. The van der Waals surface area contributed by atoms with Gasteiger partial charge in [0.25, 0.3) is 5.91 Å². The molecular weight excluding hydrogens is 510 g/mol. The van der Waals surface area contributed by atoms with Crippen LogP contribution < -0.4 is 20.3 Å². The molecule has 4 heterocycles. The van der Waals surface area contributed by atoms with E-state index in [4.69, 9.17) is 4.74 Å². The molecule has 0 bridgehead atoms. The SMILES string of the molecule is Cc1cc(Oc2ccccc2)ccc1N1C(=O)Nc2c(C(=O)NC3CCCN(C(C)C)C3)sc3nccc1c23. The summed E-state index contributed by atoms with van der Waals surface area (Å²) in [5.41, 5.74) is 2.86. The van der Waals surface area contributed by atoms with E-state index in [1.165, 1.54) is 11.3 Å². The summed E-state index contributed by atoms with van der Waals surface area (Å²) in [6.07, 6.45) is 3.69. The van der Waals surface area contributed by atoms with Gasteiger partial charge < -0.3 is 15.4 Å². The Morgan fingerprint density at radius 1 is 1.13 bits per heavy atom. The molecule has 1 fully saturated rings. The monoisotopic (exact) mass is 541 g/mol. The van der Waals surface area contributed by atoms with Gasteiger partial charge in [0.05, 0.1) is 22.4 Å². The number of piperidine rings is 1. The average molecular weight is 542 g/mol. The highest BCUT2D eigenvalue weighted by molar-refractivity contribution is 7.21. The summed E-state index contributed by atoms with van der Waals surface area (Å²) in [6, 6.07) is 17.3. The maximum atomic E-state index is 13.5. The first kappa shape index (κ1) is 25.3. The molecule has 1 saturated heterocycles. The number of likely N-dealkylation sites (tertiary alicyclic amines) is 1. The van der Waals surface area contributed by atoms with Crippen LogP contribution in [0.1, 0.15) is 41.9 Å². The van der Waals surface area contributed by atoms with Gasteiger partial charge in [-0.2, -0.15) is 0 Å². The summed E-state index contributed by atoms with van der Waals surface area (Å²) < 4.78 is 5.98. The molecule has 39 heavy (non-hydrogen) atoms. The average Bonchev–Trinajstić information content (AvgIpc) is 3.30. The molecule has 0 aliphatic carbocycles. The lowest BCUT2D eigenvalue weighted by atomic mass is 10.0. The molecule has 1 atom stereocenters. The van der Waals surface area contributed by atoms with E-state index in [9.17, 15) is 9.59 Å². The fourth-order valence-corrected chi connectivity index (χ4v) is 6.42. The van der Waals surface area contributed by atoms with Crippen LogP contribution in [0.5, 0.6) is 11.5 Å². The Kier molecular flexibility index (Phi) is 6.70. The van der Waals surface area contributed by atoms with Gasteiger partial charge in [0.2, 0.25) is 0 Å². The predicted octanol–water partition coefficient (Wildman–Crippen LogP) is 6.68. The minimum atomic E-state index is -0.314. The zero-order valence-corrected chi connectivity index (χ0v) is 23.0. The number of anilines is 3. The Balaban J connectivity index is 1.30. The highest BCUT2D eigenvalue weighted by Crippen LogP contribution is 2.46. The molecule has 2 aromatic carbocycles. The fraction of sp³-hybridized carbons (Fsp3) is 0.300. The third kappa shape index (κ3) is 4.84. The minimum absolute atomic E-state index is 0.0774. The van der Waals surface area contributed by atoms with Gasteiger partial charge in [-0.15, -0.1) is 11.3 Å². The number of thiophene rings is 1. The lowest BCUT2D eigenvalue weighted by molar-refractivity contribution is 0.0891. The van der Waals surface area contributed by atoms with E-state index in [0.717, 1.165) is 48.3 Å². The van der Waals surface area contributed by atoms with Crippen LogP contribution in [0.4, 0.5) is 21.9 Å². The number of aryl methyl sites for hydroxylation is 1. The van der Waals surface area contributed by atoms with Gasteiger partial charge in [-0.05, 0) is 82.1 Å². The topological polar surface area (TPSA) is 86.8 Å². The number of pyridine rings is 1. The smallest absolute Gasteiger partial charge is 0.331 e. The summed E-state index contributed by atoms with van der Waals surface area (Å²) in [5.74, 6) is 1.27. The van der Waals surface area contributed by atoms with Gasteiger partial charge in [-0.1, -0.05) is 18.2 Å². The van der Waals surface area contributed by atoms with Crippen LogP contribution in [0.15, 0.2) is 60.8 Å². The van der Waals surface area contributed by atoms with Crippen molar-refractivity contribution in [3.8, 4) is 11.5 Å². The van der Waals surface area contributed by atoms with Crippen LogP contribution in [0.25, 0.3) is 10.2 Å². The van der Waals surface area contributed by atoms with Gasteiger partial charge >= 0.3 is 6.03 Å². The molecule has 3 amide bonds. The summed E-state index contributed by atoms with van der Waals surface area (Å²) >= 11 is 1.32. The summed E-state index contributed by atoms with van der Waals surface area (Å²) in [7, 11) is 0. The van der Waals surface area contributed by atoms with Gasteiger partial charge in [-0.3, -0.25) is 14.6 Å². The van der Waals surface area contributed by atoms with Crippen LogP contribution in [-0.4, -0.2) is 47.0 Å². The zero-order valence-electron chi connectivity index (χ0n) is 22.2. The highest BCUT2D eigenvalue weighted by atomic mass is 32.1. The molecule has 0 radical (unpaired) electrons. The Morgan fingerprint density at radius 2 is 1.95 bits per heavy atom. The predicted molar refractivity (Wildman–Crippen MR) is 156 cm³/mol. The van der Waals surface area contributed by atoms with Gasteiger partial charge in [0, 0.05) is 24.8 Å². The number of carbonyl (C=O) groups is 2. The Labute approximate surface area is 231 Å². The maximum absolute atomic E-state index is 13.5. The third-order valence-electron chi connectivity index (χ3n) is 7.36. The number of para-hydroxylation sites is 1. The second kappa shape index (κ2) is 10.3. The number of hydrogen-bond acceptors (Lipinski definition) is 6. The molecule has 0 spiro atoms. The Hall–Kier alpha value is -3.95. The second-order valence-electron chi connectivity index (χ2n) is 10.3. The molecule has 2 aliphatic heterocycles. The maximum Gasteiger partial charge on any atom is 0.331 e. The number of carbonyl (C=O) groups excluding carboxylic acids is 2. The standard InChI is InChI=1S/C30H31N5O3S/c1-18(2)34-15-7-8-20(17-34)32-28(36)27-26-25-24(13-14-31-29(25)39-27)35(30(37)33-26)23-12-11-22(16-19(23)3)38-21-9-5-4-6-10-21/h4-6,9-14,16,18,20H,7-8,15,17H2,1-3H3,(H,32,36)(H,33,37). The van der Waals surface area contributed by atoms with Crippen molar-refractivity contribution in [2.75, 3.05) is 23.3 Å². The number of rotatable bonds is 6. The molecular formula is C30H31N5O3S. The number of benzene rings is 2. The lowest BCUT2D eigenvalue weighted by Gasteiger charge is -2.35. The van der Waals surface area contributed by atoms with Gasteiger partial charge in [0.1, 0.15) is 21.2 Å². The highest BCUT2D eigenvalue weighted by Gasteiger charge is 2.34. The van der Waals surface area contributed by atoms with Crippen LogP contribution in [0.3, 0.4) is 0 Å². The molecule has 2 N–H and O–H groups in total. The first-order valence-corrected chi connectivity index (χ1v) is 14.1. The number of amides is 3. The van der Waals surface area contributed by atoms with Crippen molar-refractivity contribution < 1.29 is 14.3 Å². The van der Waals surface area contributed by atoms with Crippen LogP contribution in [0.2, 0.25) is 0 Å². The van der Waals surface area contributed by atoms with Crippen LogP contribution in [0, 0.1) is 6.92 Å². The van der Waals surface area contributed by atoms with Crippen molar-refractivity contribution in [2.45, 2.75) is 45.7 Å². The van der Waals surface area contributed by atoms with E-state index < -0.39 is 0 Å². The normalized spacial score (nSPS) is 17.4. The molecule has 6 rings (SSSR count). The van der Waals surface area contributed by atoms with E-state index in [-0.39, 0.29) is 18.0 Å². The quantitative estimate of drug-likeness (QED) is 0.284. The number of aromatic nitrogens is 1. The first-order chi connectivity index (χ1) is 18.9. The van der Waals surface area contributed by atoms with Crippen molar-refractivity contribution in [1.82, 2.24) is 15.2 Å². The summed E-state index contributed by atoms with van der Waals surface area (Å²) in [6.45, 7) is 8.19. The van der Waals surface area contributed by atoms with E-state index in [0.29, 0.717) is 32.9 Å². The Morgan fingerprint density at radius 3 is 2.72 bits per heavy atom. The summed E-state index contributed by atoms with van der Waals surface area (Å²) in [5, 5.41) is 7.00. The largest absolute Gasteiger partial charge is 0.457 e.